The SMILES string of the molecule is CCCCCCCC(=O)O.CCCCCCCC(=O)O.CCCCCCCC(=O)O.OCCN(CCO)CCO. The van der Waals surface area contributed by atoms with Crippen LogP contribution >= 0.6 is 0 Å². The number of aliphatic hydroxyl groups excluding tert-OH is 3. The van der Waals surface area contributed by atoms with Gasteiger partial charge in [-0.15, -0.1) is 0 Å². The quantitative estimate of drug-likeness (QED) is 0.0791. The van der Waals surface area contributed by atoms with Crippen molar-refractivity contribution in [1.29, 1.82) is 0 Å². The van der Waals surface area contributed by atoms with Crippen molar-refractivity contribution in [3.05, 3.63) is 0 Å². The number of carboxylic acids is 3. The lowest BCUT2D eigenvalue weighted by molar-refractivity contribution is -0.138. The molecule has 0 rings (SSSR count). The Kier molecular flexibility index (Phi) is 47.2. The van der Waals surface area contributed by atoms with Crippen molar-refractivity contribution < 1.29 is 45.0 Å². The van der Waals surface area contributed by atoms with E-state index in [-0.39, 0.29) is 19.8 Å². The van der Waals surface area contributed by atoms with Crippen LogP contribution in [0.5, 0.6) is 0 Å². The maximum atomic E-state index is 10.0. The molecule has 0 aliphatic heterocycles. The molecule has 0 amide bonds. The number of aliphatic carboxylic acids is 3. The molecule has 6 N–H and O–H groups in total. The zero-order chi connectivity index (χ0) is 31.3. The lowest BCUT2D eigenvalue weighted by atomic mass is 10.1. The van der Waals surface area contributed by atoms with E-state index < -0.39 is 17.9 Å². The molecule has 0 aliphatic rings. The molecular weight excluding hydrogens is 518 g/mol. The fourth-order valence-corrected chi connectivity index (χ4v) is 3.40. The second-order valence-corrected chi connectivity index (χ2v) is 9.69. The largest absolute Gasteiger partial charge is 0.481 e. The fourth-order valence-electron chi connectivity index (χ4n) is 3.40. The van der Waals surface area contributed by atoms with Crippen molar-refractivity contribution >= 4 is 17.9 Å². The van der Waals surface area contributed by atoms with Crippen LogP contribution in [0.1, 0.15) is 136 Å². The molecule has 0 aliphatic carbocycles. The highest BCUT2D eigenvalue weighted by Crippen LogP contribution is 2.05. The van der Waals surface area contributed by atoms with Crippen molar-refractivity contribution in [2.45, 2.75) is 136 Å². The van der Waals surface area contributed by atoms with Gasteiger partial charge in [0.15, 0.2) is 0 Å². The molecule has 10 nitrogen and oxygen atoms in total. The molecule has 0 radical (unpaired) electrons. The van der Waals surface area contributed by atoms with Crippen molar-refractivity contribution in [1.82, 2.24) is 4.90 Å². The topological polar surface area (TPSA) is 176 Å². The van der Waals surface area contributed by atoms with Crippen LogP contribution in [-0.4, -0.2) is 92.9 Å². The molecule has 0 aromatic heterocycles. The summed E-state index contributed by atoms with van der Waals surface area (Å²) >= 11 is 0. The second kappa shape index (κ2) is 41.7. The van der Waals surface area contributed by atoms with Crippen molar-refractivity contribution in [3.63, 3.8) is 0 Å². The minimum Gasteiger partial charge on any atom is -0.481 e. The molecule has 0 heterocycles. The molecule has 0 spiro atoms. The number of carbonyl (C=O) groups is 3. The van der Waals surface area contributed by atoms with Crippen LogP contribution in [0.4, 0.5) is 0 Å². The molecule has 40 heavy (non-hydrogen) atoms. The van der Waals surface area contributed by atoms with E-state index in [9.17, 15) is 14.4 Å². The third kappa shape index (κ3) is 56.4. The minimum absolute atomic E-state index is 0.0694. The molecule has 242 valence electrons. The summed E-state index contributed by atoms with van der Waals surface area (Å²) in [7, 11) is 0. The Hall–Kier alpha value is -1.75. The normalized spacial score (nSPS) is 9.97. The number of rotatable bonds is 24. The van der Waals surface area contributed by atoms with Crippen LogP contribution in [0, 0.1) is 0 Å². The Morgan fingerprint density at radius 2 is 0.650 bits per heavy atom. The molecule has 0 bridgehead atoms. The summed E-state index contributed by atoms with van der Waals surface area (Å²) in [6.45, 7) is 8.20. The van der Waals surface area contributed by atoms with Gasteiger partial charge < -0.3 is 30.6 Å². The molecule has 0 unspecified atom stereocenters. The van der Waals surface area contributed by atoms with E-state index in [1.54, 1.807) is 4.90 Å². The molecule has 0 aromatic carbocycles. The number of nitrogens with zero attached hydrogens (tertiary/aromatic N) is 1. The number of hydrogen-bond donors (Lipinski definition) is 6. The Bertz CT molecular complexity index is 448. The summed E-state index contributed by atoms with van der Waals surface area (Å²) < 4.78 is 0. The third-order valence-electron chi connectivity index (χ3n) is 5.73. The monoisotopic (exact) mass is 581 g/mol. The van der Waals surface area contributed by atoms with E-state index in [1.807, 2.05) is 0 Å². The third-order valence-corrected chi connectivity index (χ3v) is 5.73. The Morgan fingerprint density at radius 3 is 0.825 bits per heavy atom. The minimum atomic E-state index is -0.670. The van der Waals surface area contributed by atoms with Crippen LogP contribution in [0.2, 0.25) is 0 Å². The summed E-state index contributed by atoms with van der Waals surface area (Å²) in [4.78, 5) is 31.9. The first-order valence-electron chi connectivity index (χ1n) is 15.4. The molecule has 10 heteroatoms. The number of hydrogen-bond acceptors (Lipinski definition) is 7. The van der Waals surface area contributed by atoms with Gasteiger partial charge in [0.2, 0.25) is 0 Å². The number of unbranched alkanes of at least 4 members (excludes halogenated alkanes) is 12. The van der Waals surface area contributed by atoms with E-state index >= 15 is 0 Å². The number of carboxylic acid groups (broad SMARTS) is 3. The van der Waals surface area contributed by atoms with Crippen LogP contribution in [0.3, 0.4) is 0 Å². The lowest BCUT2D eigenvalue weighted by Gasteiger charge is -2.17. The van der Waals surface area contributed by atoms with Crippen molar-refractivity contribution in [2.75, 3.05) is 39.5 Å². The first kappa shape index (κ1) is 45.2. The predicted octanol–water partition coefficient (Wildman–Crippen LogP) is 5.56. The van der Waals surface area contributed by atoms with Gasteiger partial charge in [-0.3, -0.25) is 19.3 Å². The lowest BCUT2D eigenvalue weighted by Crippen LogP contribution is -2.32. The summed E-state index contributed by atoms with van der Waals surface area (Å²) in [6, 6.07) is 0. The molecule has 0 saturated carbocycles. The Labute approximate surface area is 243 Å². The van der Waals surface area contributed by atoms with E-state index in [2.05, 4.69) is 20.8 Å². The summed E-state index contributed by atoms with van der Waals surface area (Å²) in [6.07, 6.45) is 17.7. The fraction of sp³-hybridized carbons (Fsp3) is 0.900. The van der Waals surface area contributed by atoms with Gasteiger partial charge >= 0.3 is 17.9 Å². The second-order valence-electron chi connectivity index (χ2n) is 9.69. The zero-order valence-electron chi connectivity index (χ0n) is 25.8. The van der Waals surface area contributed by atoms with Gasteiger partial charge in [-0.1, -0.05) is 97.8 Å². The van der Waals surface area contributed by atoms with Gasteiger partial charge in [0.1, 0.15) is 0 Å². The Balaban J connectivity index is -0.000000216. The maximum Gasteiger partial charge on any atom is 0.303 e. The van der Waals surface area contributed by atoms with Crippen LogP contribution in [-0.2, 0) is 14.4 Å². The van der Waals surface area contributed by atoms with Gasteiger partial charge in [0, 0.05) is 38.9 Å². The van der Waals surface area contributed by atoms with Crippen LogP contribution in [0.15, 0.2) is 0 Å². The van der Waals surface area contributed by atoms with Crippen LogP contribution in [0.25, 0.3) is 0 Å². The molecule has 0 fully saturated rings. The zero-order valence-corrected chi connectivity index (χ0v) is 25.8. The van der Waals surface area contributed by atoms with E-state index in [0.29, 0.717) is 38.9 Å². The van der Waals surface area contributed by atoms with Gasteiger partial charge in [0.25, 0.3) is 0 Å². The average Bonchev–Trinajstić information content (AvgIpc) is 2.89. The van der Waals surface area contributed by atoms with Gasteiger partial charge in [-0.2, -0.15) is 0 Å². The highest BCUT2D eigenvalue weighted by atomic mass is 16.4. The van der Waals surface area contributed by atoms with Gasteiger partial charge in [-0.05, 0) is 19.3 Å². The standard InChI is InChI=1S/3C8H16O2.C6H15NO3/c3*1-2-3-4-5-6-7-8(9)10;8-4-1-7(2-5-9)3-6-10/h3*2-7H2,1H3,(H,9,10);8-10H,1-6H2. The van der Waals surface area contributed by atoms with Crippen molar-refractivity contribution in [2.24, 2.45) is 0 Å². The summed E-state index contributed by atoms with van der Waals surface area (Å²) in [5.74, 6) is -2.01. The molecular formula is C30H63NO9. The van der Waals surface area contributed by atoms with E-state index in [4.69, 9.17) is 30.6 Å². The Morgan fingerprint density at radius 1 is 0.425 bits per heavy atom. The van der Waals surface area contributed by atoms with Gasteiger partial charge in [0.05, 0.1) is 19.8 Å². The van der Waals surface area contributed by atoms with E-state index in [0.717, 1.165) is 38.5 Å². The first-order chi connectivity index (χ1) is 19.2. The molecule has 0 atom stereocenters. The first-order valence-corrected chi connectivity index (χ1v) is 15.4. The van der Waals surface area contributed by atoms with E-state index in [1.165, 1.54) is 57.8 Å². The van der Waals surface area contributed by atoms with Crippen molar-refractivity contribution in [3.8, 4) is 0 Å². The van der Waals surface area contributed by atoms with Gasteiger partial charge in [-0.25, -0.2) is 0 Å². The molecule has 0 saturated heterocycles. The molecule has 0 aromatic rings. The van der Waals surface area contributed by atoms with Crippen LogP contribution < -0.4 is 0 Å². The smallest absolute Gasteiger partial charge is 0.303 e. The summed E-state index contributed by atoms with van der Waals surface area (Å²) in [5.41, 5.74) is 0. The maximum absolute atomic E-state index is 10.0. The number of aliphatic hydroxyl groups is 3. The average molecular weight is 582 g/mol. The highest BCUT2D eigenvalue weighted by molar-refractivity contribution is 5.67. The highest BCUT2D eigenvalue weighted by Gasteiger charge is 2.00. The predicted molar refractivity (Wildman–Crippen MR) is 161 cm³/mol. The summed E-state index contributed by atoms with van der Waals surface area (Å²) in [5, 5.41) is 50.3.